The zero-order valence-electron chi connectivity index (χ0n) is 14.5. The van der Waals surface area contributed by atoms with Crippen molar-refractivity contribution in [2.24, 2.45) is 10.4 Å². The van der Waals surface area contributed by atoms with Crippen molar-refractivity contribution in [3.63, 3.8) is 0 Å². The number of nitrogens with zero attached hydrogens (tertiary/aromatic N) is 4. The molecule has 0 saturated heterocycles. The fraction of sp³-hybridized carbons (Fsp3) is 0.500. The van der Waals surface area contributed by atoms with E-state index in [0.717, 1.165) is 24.0 Å². The van der Waals surface area contributed by atoms with E-state index in [2.05, 4.69) is 32.7 Å². The number of aliphatic imine (C=N–C) groups is 1. The van der Waals surface area contributed by atoms with Crippen LogP contribution in [-0.4, -0.2) is 34.3 Å². The van der Waals surface area contributed by atoms with Crippen molar-refractivity contribution in [3.05, 3.63) is 42.5 Å². The quantitative estimate of drug-likeness (QED) is 0.632. The zero-order chi connectivity index (χ0) is 16.8. The molecule has 0 amide bonds. The Morgan fingerprint density at radius 1 is 1.25 bits per heavy atom. The van der Waals surface area contributed by atoms with Crippen molar-refractivity contribution >= 4 is 5.96 Å². The Bertz CT molecular complexity index is 666. The van der Waals surface area contributed by atoms with E-state index in [1.54, 1.807) is 13.4 Å². The molecule has 6 nitrogen and oxygen atoms in total. The summed E-state index contributed by atoms with van der Waals surface area (Å²) < 4.78 is 1.99. The smallest absolute Gasteiger partial charge is 0.191 e. The largest absolute Gasteiger partial charge is 0.356 e. The molecule has 2 aromatic rings. The lowest BCUT2D eigenvalue weighted by molar-refractivity contribution is 0.131. The lowest BCUT2D eigenvalue weighted by Gasteiger charge is -2.41. The Labute approximate surface area is 143 Å². The van der Waals surface area contributed by atoms with Crippen LogP contribution in [0.3, 0.4) is 0 Å². The first-order valence-corrected chi connectivity index (χ1v) is 8.65. The summed E-state index contributed by atoms with van der Waals surface area (Å²) in [6, 6.07) is 10.1. The molecule has 1 aliphatic carbocycles. The van der Waals surface area contributed by atoms with E-state index in [4.69, 9.17) is 0 Å². The molecule has 0 spiro atoms. The van der Waals surface area contributed by atoms with E-state index < -0.39 is 0 Å². The van der Waals surface area contributed by atoms with Crippen LogP contribution in [0.15, 0.2) is 41.7 Å². The summed E-state index contributed by atoms with van der Waals surface area (Å²) in [5.74, 6) is 1.68. The number of para-hydroxylation sites is 1. The van der Waals surface area contributed by atoms with Gasteiger partial charge in [-0.05, 0) is 36.8 Å². The summed E-state index contributed by atoms with van der Waals surface area (Å²) in [7, 11) is 1.80. The van der Waals surface area contributed by atoms with Gasteiger partial charge in [0.05, 0.1) is 6.54 Å². The fourth-order valence-electron chi connectivity index (χ4n) is 3.17. The zero-order valence-corrected chi connectivity index (χ0v) is 14.5. The Morgan fingerprint density at radius 2 is 2.04 bits per heavy atom. The van der Waals surface area contributed by atoms with Gasteiger partial charge in [0, 0.05) is 19.3 Å². The Hall–Kier alpha value is -2.37. The number of hydrogen-bond donors (Lipinski definition) is 2. The molecule has 1 saturated carbocycles. The lowest BCUT2D eigenvalue weighted by Crippen LogP contribution is -2.46. The van der Waals surface area contributed by atoms with Crippen molar-refractivity contribution in [1.29, 1.82) is 0 Å². The average molecular weight is 326 g/mol. The molecule has 2 N–H and O–H groups in total. The molecule has 0 bridgehead atoms. The van der Waals surface area contributed by atoms with Crippen LogP contribution in [0.25, 0.3) is 5.69 Å². The third-order valence-corrected chi connectivity index (χ3v) is 5.09. The van der Waals surface area contributed by atoms with Gasteiger partial charge in [-0.25, -0.2) is 0 Å². The molecule has 128 valence electrons. The Balaban J connectivity index is 1.58. The molecule has 3 rings (SSSR count). The minimum atomic E-state index is 0.460. The summed E-state index contributed by atoms with van der Waals surface area (Å²) in [6.07, 6.45) is 6.94. The number of rotatable bonds is 6. The minimum absolute atomic E-state index is 0.460. The summed E-state index contributed by atoms with van der Waals surface area (Å²) >= 11 is 0. The minimum Gasteiger partial charge on any atom is -0.356 e. The maximum absolute atomic E-state index is 4.32. The normalized spacial score (nSPS) is 16.5. The highest BCUT2D eigenvalue weighted by molar-refractivity contribution is 5.79. The second kappa shape index (κ2) is 7.47. The molecule has 0 aliphatic heterocycles. The second-order valence-electron chi connectivity index (χ2n) is 6.44. The van der Waals surface area contributed by atoms with Crippen LogP contribution in [0.1, 0.15) is 38.4 Å². The molecule has 0 atom stereocenters. The third-order valence-electron chi connectivity index (χ3n) is 5.09. The van der Waals surface area contributed by atoms with Gasteiger partial charge in [-0.1, -0.05) is 31.5 Å². The molecule has 0 radical (unpaired) electrons. The summed E-state index contributed by atoms with van der Waals surface area (Å²) in [6.45, 7) is 3.83. The highest BCUT2D eigenvalue weighted by atomic mass is 15.3. The van der Waals surface area contributed by atoms with Crippen molar-refractivity contribution < 1.29 is 0 Å². The average Bonchev–Trinajstić information content (AvgIpc) is 3.06. The summed E-state index contributed by atoms with van der Waals surface area (Å²) in [4.78, 5) is 4.32. The summed E-state index contributed by atoms with van der Waals surface area (Å²) in [5, 5.41) is 15.1. The van der Waals surface area contributed by atoms with Crippen molar-refractivity contribution in [3.8, 4) is 5.69 Å². The van der Waals surface area contributed by atoms with Gasteiger partial charge < -0.3 is 10.6 Å². The SMILES string of the molecule is CCC1(CNC(=NC)NCc2nncn2-c2ccccc2)CCC1. The molecule has 6 heteroatoms. The molecule has 1 aromatic heterocycles. The molecule has 24 heavy (non-hydrogen) atoms. The van der Waals surface area contributed by atoms with Gasteiger partial charge >= 0.3 is 0 Å². The predicted octanol–water partition coefficient (Wildman–Crippen LogP) is 2.51. The number of aromatic nitrogens is 3. The topological polar surface area (TPSA) is 67.1 Å². The van der Waals surface area contributed by atoms with E-state index in [9.17, 15) is 0 Å². The molecular weight excluding hydrogens is 300 g/mol. The van der Waals surface area contributed by atoms with Gasteiger partial charge in [0.25, 0.3) is 0 Å². The highest BCUT2D eigenvalue weighted by Gasteiger charge is 2.34. The van der Waals surface area contributed by atoms with Crippen molar-refractivity contribution in [2.75, 3.05) is 13.6 Å². The predicted molar refractivity (Wildman–Crippen MR) is 96.1 cm³/mol. The van der Waals surface area contributed by atoms with Crippen LogP contribution in [0, 0.1) is 5.41 Å². The highest BCUT2D eigenvalue weighted by Crippen LogP contribution is 2.42. The number of guanidine groups is 1. The maximum Gasteiger partial charge on any atom is 0.191 e. The molecule has 1 aliphatic rings. The van der Waals surface area contributed by atoms with Gasteiger partial charge in [-0.3, -0.25) is 9.56 Å². The summed E-state index contributed by atoms with van der Waals surface area (Å²) in [5.41, 5.74) is 1.52. The lowest BCUT2D eigenvalue weighted by atomic mass is 9.67. The number of hydrogen-bond acceptors (Lipinski definition) is 3. The van der Waals surface area contributed by atoms with E-state index in [1.807, 2.05) is 34.9 Å². The molecular formula is C18H26N6. The first-order chi connectivity index (χ1) is 11.8. The maximum atomic E-state index is 4.32. The van der Waals surface area contributed by atoms with Gasteiger partial charge in [-0.15, -0.1) is 10.2 Å². The molecule has 1 heterocycles. The standard InChI is InChI=1S/C18H26N6/c1-3-18(10-7-11-18)13-21-17(19-2)20-12-16-23-22-14-24(16)15-8-5-4-6-9-15/h4-6,8-9,14H,3,7,10-13H2,1-2H3,(H2,19,20,21). The first-order valence-electron chi connectivity index (χ1n) is 8.65. The monoisotopic (exact) mass is 326 g/mol. The van der Waals surface area contributed by atoms with Crippen LogP contribution in [0.4, 0.5) is 0 Å². The number of benzene rings is 1. The molecule has 1 fully saturated rings. The third kappa shape index (κ3) is 3.58. The fourth-order valence-corrected chi connectivity index (χ4v) is 3.17. The molecule has 0 unspecified atom stereocenters. The van der Waals surface area contributed by atoms with E-state index >= 15 is 0 Å². The van der Waals surface area contributed by atoms with Crippen LogP contribution in [0.2, 0.25) is 0 Å². The van der Waals surface area contributed by atoms with Gasteiger partial charge in [0.2, 0.25) is 0 Å². The van der Waals surface area contributed by atoms with Gasteiger partial charge in [-0.2, -0.15) is 0 Å². The van der Waals surface area contributed by atoms with E-state index in [0.29, 0.717) is 12.0 Å². The van der Waals surface area contributed by atoms with Crippen molar-refractivity contribution in [2.45, 2.75) is 39.2 Å². The second-order valence-corrected chi connectivity index (χ2v) is 6.44. The number of nitrogens with one attached hydrogen (secondary N) is 2. The molecule has 1 aromatic carbocycles. The van der Waals surface area contributed by atoms with Crippen LogP contribution >= 0.6 is 0 Å². The first kappa shape index (κ1) is 16.5. The van der Waals surface area contributed by atoms with Gasteiger partial charge in [0.15, 0.2) is 11.8 Å². The van der Waals surface area contributed by atoms with Crippen LogP contribution < -0.4 is 10.6 Å². The van der Waals surface area contributed by atoms with Crippen LogP contribution in [0.5, 0.6) is 0 Å². The van der Waals surface area contributed by atoms with Crippen molar-refractivity contribution in [1.82, 2.24) is 25.4 Å². The Kier molecular flexibility index (Phi) is 5.13. The Morgan fingerprint density at radius 3 is 2.67 bits per heavy atom. The van der Waals surface area contributed by atoms with E-state index in [-0.39, 0.29) is 0 Å². The van der Waals surface area contributed by atoms with E-state index in [1.165, 1.54) is 25.7 Å². The van der Waals surface area contributed by atoms with Crippen LogP contribution in [-0.2, 0) is 6.54 Å². The van der Waals surface area contributed by atoms with Gasteiger partial charge in [0.1, 0.15) is 6.33 Å².